The van der Waals surface area contributed by atoms with Crippen LogP contribution in [0.1, 0.15) is 5.69 Å². The summed E-state index contributed by atoms with van der Waals surface area (Å²) in [7, 11) is 0. The molecule has 24 heavy (non-hydrogen) atoms. The van der Waals surface area contributed by atoms with Crippen molar-refractivity contribution >= 4 is 23.3 Å². The first-order valence-corrected chi connectivity index (χ1v) is 7.40. The van der Waals surface area contributed by atoms with Crippen LogP contribution in [0, 0.1) is 0 Å². The first-order chi connectivity index (χ1) is 11.7. The Hall–Kier alpha value is -3.06. The van der Waals surface area contributed by atoms with Crippen molar-refractivity contribution in [2.75, 3.05) is 5.32 Å². The van der Waals surface area contributed by atoms with Gasteiger partial charge in [-0.25, -0.2) is 4.79 Å². The van der Waals surface area contributed by atoms with E-state index in [0.29, 0.717) is 27.9 Å². The van der Waals surface area contributed by atoms with Crippen molar-refractivity contribution in [3.63, 3.8) is 0 Å². The van der Waals surface area contributed by atoms with Crippen molar-refractivity contribution in [3.8, 4) is 11.5 Å². The third-order valence-electron chi connectivity index (χ3n) is 2.99. The molecule has 2 aromatic heterocycles. The van der Waals surface area contributed by atoms with Gasteiger partial charge < -0.3 is 19.9 Å². The van der Waals surface area contributed by atoms with Gasteiger partial charge in [-0.05, 0) is 24.3 Å². The van der Waals surface area contributed by atoms with Crippen molar-refractivity contribution in [1.29, 1.82) is 0 Å². The topological polar surface area (TPSA) is 89.3 Å². The Balaban J connectivity index is 1.70. The van der Waals surface area contributed by atoms with E-state index in [1.165, 1.54) is 6.26 Å². The van der Waals surface area contributed by atoms with Crippen LogP contribution in [-0.2, 0) is 6.54 Å². The van der Waals surface area contributed by atoms with Gasteiger partial charge in [-0.1, -0.05) is 22.8 Å². The van der Waals surface area contributed by atoms with Gasteiger partial charge in [0.2, 0.25) is 0 Å². The molecule has 3 rings (SSSR count). The number of benzene rings is 1. The van der Waals surface area contributed by atoms with Crippen molar-refractivity contribution in [2.24, 2.45) is 0 Å². The number of pyridine rings is 1. The Kier molecular flexibility index (Phi) is 4.93. The first-order valence-electron chi connectivity index (χ1n) is 7.03. The maximum absolute atomic E-state index is 12.0. The second kappa shape index (κ2) is 7.47. The largest absolute Gasteiger partial charge is 0.452 e. The van der Waals surface area contributed by atoms with E-state index in [-0.39, 0.29) is 6.54 Å². The number of nitrogens with zero attached hydrogens (tertiary/aromatic N) is 2. The number of halogens is 1. The van der Waals surface area contributed by atoms with Crippen LogP contribution in [0.15, 0.2) is 59.6 Å². The number of nitrogens with one attached hydrogen (secondary N) is 2. The van der Waals surface area contributed by atoms with Gasteiger partial charge in [0.15, 0.2) is 5.75 Å². The van der Waals surface area contributed by atoms with Gasteiger partial charge in [0.05, 0.1) is 23.5 Å². The number of rotatable bonds is 5. The number of aromatic nitrogens is 2. The monoisotopic (exact) mass is 344 g/mol. The van der Waals surface area contributed by atoms with Gasteiger partial charge in [-0.2, -0.15) is 0 Å². The minimum atomic E-state index is -0.420. The lowest BCUT2D eigenvalue weighted by Crippen LogP contribution is -2.28. The molecular formula is C16H13ClN4O3. The molecule has 0 saturated heterocycles. The van der Waals surface area contributed by atoms with Gasteiger partial charge in [-0.15, -0.1) is 0 Å². The molecule has 2 amide bonds. The minimum Gasteiger partial charge on any atom is -0.452 e. The lowest BCUT2D eigenvalue weighted by atomic mass is 10.3. The Morgan fingerprint density at radius 1 is 1.25 bits per heavy atom. The zero-order valence-electron chi connectivity index (χ0n) is 12.4. The van der Waals surface area contributed by atoms with Crippen LogP contribution in [-0.4, -0.2) is 16.2 Å². The maximum atomic E-state index is 12.0. The molecule has 0 aliphatic rings. The van der Waals surface area contributed by atoms with E-state index < -0.39 is 6.03 Å². The molecule has 0 unspecified atom stereocenters. The second-order valence-corrected chi connectivity index (χ2v) is 5.11. The molecule has 0 bridgehead atoms. The Morgan fingerprint density at radius 2 is 2.17 bits per heavy atom. The summed E-state index contributed by atoms with van der Waals surface area (Å²) in [4.78, 5) is 16.0. The maximum Gasteiger partial charge on any atom is 0.319 e. The first kappa shape index (κ1) is 15.8. The van der Waals surface area contributed by atoms with Crippen molar-refractivity contribution in [3.05, 3.63) is 65.8 Å². The smallest absolute Gasteiger partial charge is 0.319 e. The predicted molar refractivity (Wildman–Crippen MR) is 88.1 cm³/mol. The van der Waals surface area contributed by atoms with Crippen molar-refractivity contribution in [1.82, 2.24) is 15.5 Å². The number of amides is 2. The lowest BCUT2D eigenvalue weighted by molar-refractivity contribution is 0.251. The number of carbonyl (C=O) groups is 1. The number of hydrogen-bond acceptors (Lipinski definition) is 5. The molecule has 0 radical (unpaired) electrons. The van der Waals surface area contributed by atoms with E-state index in [0.717, 1.165) is 0 Å². The van der Waals surface area contributed by atoms with Crippen LogP contribution in [0.25, 0.3) is 0 Å². The Labute approximate surface area is 142 Å². The number of hydrogen-bond donors (Lipinski definition) is 2. The highest BCUT2D eigenvalue weighted by Gasteiger charge is 2.12. The zero-order valence-corrected chi connectivity index (χ0v) is 13.2. The summed E-state index contributed by atoms with van der Waals surface area (Å²) >= 11 is 6.18. The predicted octanol–water partition coefficient (Wildman–Crippen LogP) is 3.84. The van der Waals surface area contributed by atoms with Gasteiger partial charge in [0.1, 0.15) is 17.7 Å². The van der Waals surface area contributed by atoms with Gasteiger partial charge >= 0.3 is 6.03 Å². The summed E-state index contributed by atoms with van der Waals surface area (Å²) in [5.41, 5.74) is 1.05. The lowest BCUT2D eigenvalue weighted by Gasteiger charge is -2.13. The number of ether oxygens (including phenoxy) is 1. The van der Waals surface area contributed by atoms with Crippen LogP contribution < -0.4 is 15.4 Å². The summed E-state index contributed by atoms with van der Waals surface area (Å²) in [5, 5.41) is 9.44. The number of anilines is 1. The standard InChI is InChI=1S/C16H13ClN4O3/c17-13-4-1-5-14(15(13)24-12-3-2-7-18-10-12)20-16(22)19-9-11-6-8-23-21-11/h1-8,10H,9H2,(H2,19,20,22). The van der Waals surface area contributed by atoms with Crippen molar-refractivity contribution in [2.45, 2.75) is 6.54 Å². The van der Waals surface area contributed by atoms with E-state index in [1.54, 1.807) is 48.8 Å². The summed E-state index contributed by atoms with van der Waals surface area (Å²) in [6.07, 6.45) is 4.62. The molecule has 122 valence electrons. The fourth-order valence-electron chi connectivity index (χ4n) is 1.90. The molecule has 0 saturated carbocycles. The van der Waals surface area contributed by atoms with Crippen molar-refractivity contribution < 1.29 is 14.1 Å². The molecule has 3 aromatic rings. The third kappa shape index (κ3) is 4.02. The van der Waals surface area contributed by atoms with Crippen LogP contribution in [0.5, 0.6) is 11.5 Å². The quantitative estimate of drug-likeness (QED) is 0.734. The summed E-state index contributed by atoms with van der Waals surface area (Å²) in [6, 6.07) is 9.80. The fraction of sp³-hybridized carbons (Fsp3) is 0.0625. The number of urea groups is 1. The summed E-state index contributed by atoms with van der Waals surface area (Å²) in [5.74, 6) is 0.848. The molecule has 0 aliphatic carbocycles. The zero-order chi connectivity index (χ0) is 16.8. The van der Waals surface area contributed by atoms with E-state index in [2.05, 4.69) is 20.8 Å². The highest BCUT2D eigenvalue weighted by molar-refractivity contribution is 6.32. The minimum absolute atomic E-state index is 0.238. The molecule has 2 N–H and O–H groups in total. The highest BCUT2D eigenvalue weighted by Crippen LogP contribution is 2.36. The van der Waals surface area contributed by atoms with E-state index in [1.807, 2.05) is 0 Å². The third-order valence-corrected chi connectivity index (χ3v) is 3.29. The van der Waals surface area contributed by atoms with Crippen LogP contribution >= 0.6 is 11.6 Å². The molecule has 0 aliphatic heterocycles. The molecule has 1 aromatic carbocycles. The summed E-state index contributed by atoms with van der Waals surface area (Å²) in [6.45, 7) is 0.238. The second-order valence-electron chi connectivity index (χ2n) is 4.71. The SMILES string of the molecule is O=C(NCc1ccon1)Nc1cccc(Cl)c1Oc1cccnc1. The van der Waals surface area contributed by atoms with Gasteiger partial charge in [0.25, 0.3) is 0 Å². The number of para-hydroxylation sites is 1. The van der Waals surface area contributed by atoms with E-state index in [9.17, 15) is 4.79 Å². The average molecular weight is 345 g/mol. The average Bonchev–Trinajstić information content (AvgIpc) is 3.11. The molecule has 0 atom stereocenters. The van der Waals surface area contributed by atoms with E-state index >= 15 is 0 Å². The molecule has 0 spiro atoms. The summed E-state index contributed by atoms with van der Waals surface area (Å²) < 4.78 is 10.4. The molecule has 8 heteroatoms. The Bertz CT molecular complexity index is 809. The molecule has 2 heterocycles. The molecular weight excluding hydrogens is 332 g/mol. The van der Waals surface area contributed by atoms with E-state index in [4.69, 9.17) is 20.9 Å². The molecule has 7 nitrogen and oxygen atoms in total. The van der Waals surface area contributed by atoms with Gasteiger partial charge in [-0.3, -0.25) is 4.98 Å². The van der Waals surface area contributed by atoms with Gasteiger partial charge in [0, 0.05) is 12.3 Å². The fourth-order valence-corrected chi connectivity index (χ4v) is 2.12. The van der Waals surface area contributed by atoms with Crippen LogP contribution in [0.3, 0.4) is 0 Å². The number of carbonyl (C=O) groups excluding carboxylic acids is 1. The highest BCUT2D eigenvalue weighted by atomic mass is 35.5. The Morgan fingerprint density at radius 3 is 2.92 bits per heavy atom. The molecule has 0 fully saturated rings. The normalized spacial score (nSPS) is 10.2. The van der Waals surface area contributed by atoms with Crippen LogP contribution in [0.4, 0.5) is 10.5 Å². The van der Waals surface area contributed by atoms with Crippen LogP contribution in [0.2, 0.25) is 5.02 Å².